The average molecular weight is 276 g/mol. The zero-order valence-corrected chi connectivity index (χ0v) is 11.4. The van der Waals surface area contributed by atoms with Crippen molar-refractivity contribution in [2.45, 2.75) is 12.8 Å². The van der Waals surface area contributed by atoms with E-state index in [0.29, 0.717) is 5.56 Å². The summed E-state index contributed by atoms with van der Waals surface area (Å²) >= 11 is 0. The monoisotopic (exact) mass is 276 g/mol. The maximum absolute atomic E-state index is 11.8. The summed E-state index contributed by atoms with van der Waals surface area (Å²) in [7, 11) is 2.59. The molecule has 1 aromatic carbocycles. The smallest absolute Gasteiger partial charge is 0.330 e. The zero-order chi connectivity index (χ0) is 15.0. The number of esters is 2. The van der Waals surface area contributed by atoms with Crippen LogP contribution in [0.25, 0.3) is 6.08 Å². The Morgan fingerprint density at radius 1 is 1.00 bits per heavy atom. The highest BCUT2D eigenvalue weighted by atomic mass is 16.5. The molecule has 0 aromatic heterocycles. The van der Waals surface area contributed by atoms with Gasteiger partial charge >= 0.3 is 11.9 Å². The molecule has 5 nitrogen and oxygen atoms in total. The molecular weight excluding hydrogens is 260 g/mol. The highest BCUT2D eigenvalue weighted by Gasteiger charge is 2.09. The van der Waals surface area contributed by atoms with E-state index in [4.69, 9.17) is 0 Å². The number of benzene rings is 1. The SMILES string of the molecule is COC(=O)C=Cc1ccc(C(=O)CCC(=O)OC)cc1. The Morgan fingerprint density at radius 3 is 2.20 bits per heavy atom. The van der Waals surface area contributed by atoms with E-state index in [0.717, 1.165) is 5.56 Å². The van der Waals surface area contributed by atoms with E-state index >= 15 is 0 Å². The molecule has 0 heterocycles. The van der Waals surface area contributed by atoms with Crippen molar-refractivity contribution in [3.05, 3.63) is 41.5 Å². The van der Waals surface area contributed by atoms with Crippen LogP contribution in [0.1, 0.15) is 28.8 Å². The average Bonchev–Trinajstić information content (AvgIpc) is 2.50. The topological polar surface area (TPSA) is 69.7 Å². The lowest BCUT2D eigenvalue weighted by molar-refractivity contribution is -0.140. The lowest BCUT2D eigenvalue weighted by Gasteiger charge is -2.01. The van der Waals surface area contributed by atoms with Gasteiger partial charge in [0.2, 0.25) is 0 Å². The fourth-order valence-electron chi connectivity index (χ4n) is 1.47. The van der Waals surface area contributed by atoms with Crippen LogP contribution in [0.2, 0.25) is 0 Å². The molecule has 0 spiro atoms. The third kappa shape index (κ3) is 5.06. The van der Waals surface area contributed by atoms with Gasteiger partial charge in [0.05, 0.1) is 20.6 Å². The molecule has 0 aliphatic rings. The second-order valence-corrected chi connectivity index (χ2v) is 3.98. The first-order chi connectivity index (χ1) is 9.56. The number of ketones is 1. The molecule has 1 aromatic rings. The molecule has 0 N–H and O–H groups in total. The largest absolute Gasteiger partial charge is 0.469 e. The Labute approximate surface area is 117 Å². The van der Waals surface area contributed by atoms with Gasteiger partial charge in [-0.15, -0.1) is 0 Å². The Bertz CT molecular complexity index is 514. The third-order valence-electron chi connectivity index (χ3n) is 2.63. The number of carbonyl (C=O) groups excluding carboxylic acids is 3. The molecule has 0 saturated heterocycles. The molecule has 0 unspecified atom stereocenters. The van der Waals surface area contributed by atoms with Crippen molar-refractivity contribution in [1.29, 1.82) is 0 Å². The van der Waals surface area contributed by atoms with Crippen molar-refractivity contribution in [3.63, 3.8) is 0 Å². The van der Waals surface area contributed by atoms with Crippen molar-refractivity contribution in [2.75, 3.05) is 14.2 Å². The van der Waals surface area contributed by atoms with Gasteiger partial charge in [0.25, 0.3) is 0 Å². The minimum atomic E-state index is -0.441. The molecule has 0 saturated carbocycles. The predicted molar refractivity (Wildman–Crippen MR) is 73.1 cm³/mol. The van der Waals surface area contributed by atoms with Gasteiger partial charge in [-0.2, -0.15) is 0 Å². The van der Waals surface area contributed by atoms with Crippen molar-refractivity contribution in [3.8, 4) is 0 Å². The van der Waals surface area contributed by atoms with Crippen molar-refractivity contribution in [2.24, 2.45) is 0 Å². The third-order valence-corrected chi connectivity index (χ3v) is 2.63. The van der Waals surface area contributed by atoms with Gasteiger partial charge in [-0.1, -0.05) is 24.3 Å². The van der Waals surface area contributed by atoms with Gasteiger partial charge in [-0.25, -0.2) is 4.79 Å². The van der Waals surface area contributed by atoms with Gasteiger partial charge in [-0.05, 0) is 11.6 Å². The van der Waals surface area contributed by atoms with E-state index in [1.54, 1.807) is 30.3 Å². The minimum Gasteiger partial charge on any atom is -0.469 e. The molecule has 5 heteroatoms. The van der Waals surface area contributed by atoms with Crippen LogP contribution < -0.4 is 0 Å². The molecule has 0 atom stereocenters. The number of ether oxygens (including phenoxy) is 2. The predicted octanol–water partition coefficient (Wildman–Crippen LogP) is 2.01. The Hall–Kier alpha value is -2.43. The summed E-state index contributed by atoms with van der Waals surface area (Å²) in [6.45, 7) is 0. The molecule has 1 rings (SSSR count). The zero-order valence-electron chi connectivity index (χ0n) is 11.4. The van der Waals surface area contributed by atoms with Crippen LogP contribution in [-0.2, 0) is 19.1 Å². The number of hydrogen-bond acceptors (Lipinski definition) is 5. The normalized spacial score (nSPS) is 10.3. The number of Topliss-reactive ketones (excluding diaryl/α,β-unsaturated/α-hetero) is 1. The van der Waals surface area contributed by atoms with Crippen LogP contribution in [0.15, 0.2) is 30.3 Å². The molecule has 20 heavy (non-hydrogen) atoms. The Morgan fingerprint density at radius 2 is 1.65 bits per heavy atom. The second kappa shape index (κ2) is 7.89. The quantitative estimate of drug-likeness (QED) is 0.451. The van der Waals surface area contributed by atoms with Crippen molar-refractivity contribution in [1.82, 2.24) is 0 Å². The number of rotatable bonds is 6. The molecule has 0 amide bonds. The van der Waals surface area contributed by atoms with Gasteiger partial charge in [-0.3, -0.25) is 9.59 Å². The van der Waals surface area contributed by atoms with Crippen LogP contribution in [0, 0.1) is 0 Å². The lowest BCUT2D eigenvalue weighted by atomic mass is 10.0. The highest BCUT2D eigenvalue weighted by Crippen LogP contribution is 2.10. The summed E-state index contributed by atoms with van der Waals surface area (Å²) < 4.78 is 8.95. The second-order valence-electron chi connectivity index (χ2n) is 3.98. The lowest BCUT2D eigenvalue weighted by Crippen LogP contribution is -2.05. The van der Waals surface area contributed by atoms with E-state index in [9.17, 15) is 14.4 Å². The van der Waals surface area contributed by atoms with E-state index in [2.05, 4.69) is 9.47 Å². The highest BCUT2D eigenvalue weighted by molar-refractivity contribution is 5.97. The first kappa shape index (κ1) is 15.6. The van der Waals surface area contributed by atoms with E-state index < -0.39 is 11.9 Å². The number of hydrogen-bond donors (Lipinski definition) is 0. The summed E-state index contributed by atoms with van der Waals surface area (Å²) in [5.41, 5.74) is 1.30. The van der Waals surface area contributed by atoms with Gasteiger partial charge in [0.15, 0.2) is 5.78 Å². The first-order valence-electron chi connectivity index (χ1n) is 6.03. The molecule has 106 valence electrons. The Balaban J connectivity index is 2.62. The summed E-state index contributed by atoms with van der Waals surface area (Å²) in [6.07, 6.45) is 3.08. The van der Waals surface area contributed by atoms with E-state index in [-0.39, 0.29) is 18.6 Å². The summed E-state index contributed by atoms with van der Waals surface area (Å²) in [5, 5.41) is 0. The molecule has 0 radical (unpaired) electrons. The van der Waals surface area contributed by atoms with Crippen molar-refractivity contribution < 1.29 is 23.9 Å². The first-order valence-corrected chi connectivity index (χ1v) is 6.03. The molecule has 0 aliphatic carbocycles. The van der Waals surface area contributed by atoms with Crippen LogP contribution in [0.3, 0.4) is 0 Å². The summed E-state index contributed by atoms with van der Waals surface area (Å²) in [5.74, 6) is -0.974. The van der Waals surface area contributed by atoms with Crippen molar-refractivity contribution >= 4 is 23.8 Å². The van der Waals surface area contributed by atoms with Crippen LogP contribution in [-0.4, -0.2) is 31.9 Å². The summed E-state index contributed by atoms with van der Waals surface area (Å²) in [6, 6.07) is 6.72. The molecule has 0 fully saturated rings. The molecule has 0 aliphatic heterocycles. The molecule has 0 bridgehead atoms. The van der Waals surface area contributed by atoms with Crippen LogP contribution >= 0.6 is 0 Å². The standard InChI is InChI=1S/C15H16O5/c1-19-14(17)9-5-11-3-6-12(7-4-11)13(16)8-10-15(18)20-2/h3-7,9H,8,10H2,1-2H3. The van der Waals surface area contributed by atoms with Gasteiger partial charge < -0.3 is 9.47 Å². The fraction of sp³-hybridized carbons (Fsp3) is 0.267. The Kier molecular flexibility index (Phi) is 6.16. The van der Waals surface area contributed by atoms with E-state index in [1.807, 2.05) is 0 Å². The maximum Gasteiger partial charge on any atom is 0.330 e. The van der Waals surface area contributed by atoms with Gasteiger partial charge in [0, 0.05) is 18.1 Å². The van der Waals surface area contributed by atoms with E-state index in [1.165, 1.54) is 20.3 Å². The maximum atomic E-state index is 11.8. The number of methoxy groups -OCH3 is 2. The van der Waals surface area contributed by atoms with Crippen LogP contribution in [0.4, 0.5) is 0 Å². The summed E-state index contributed by atoms with van der Waals surface area (Å²) in [4.78, 5) is 33.7. The van der Waals surface area contributed by atoms with Gasteiger partial charge in [0.1, 0.15) is 0 Å². The van der Waals surface area contributed by atoms with Crippen LogP contribution in [0.5, 0.6) is 0 Å². The number of carbonyl (C=O) groups is 3. The molecular formula is C15H16O5. The fourth-order valence-corrected chi connectivity index (χ4v) is 1.47. The minimum absolute atomic E-state index is 0.0688.